The molecule has 0 amide bonds. The van der Waals surface area contributed by atoms with Gasteiger partial charge in [-0.1, -0.05) is 0 Å². The van der Waals surface area contributed by atoms with Crippen LogP contribution in [0.25, 0.3) is 0 Å². The van der Waals surface area contributed by atoms with Crippen molar-refractivity contribution in [3.05, 3.63) is 16.4 Å². The first-order chi connectivity index (χ1) is 5.22. The Morgan fingerprint density at radius 1 is 1.64 bits per heavy atom. The van der Waals surface area contributed by atoms with Crippen molar-refractivity contribution in [2.24, 2.45) is 0 Å². The van der Waals surface area contributed by atoms with Gasteiger partial charge in [-0.05, 0) is 15.9 Å². The molecule has 0 bridgehead atoms. The van der Waals surface area contributed by atoms with E-state index in [1.54, 1.807) is 6.20 Å². The highest BCUT2D eigenvalue weighted by molar-refractivity contribution is 9.10. The molecule has 1 fully saturated rings. The van der Waals surface area contributed by atoms with Crippen LogP contribution >= 0.6 is 15.9 Å². The first kappa shape index (κ1) is 7.27. The van der Waals surface area contributed by atoms with Gasteiger partial charge in [0, 0.05) is 13.1 Å². The Hall–Kier alpha value is -0.390. The molecule has 0 atom stereocenters. The number of halogens is 1. The molecule has 0 saturated carbocycles. The molecule has 0 unspecified atom stereocenters. The monoisotopic (exact) mass is 217 g/mol. The standard InChI is InChI=1S/C6H8BrN3O/c7-4-1-9-10-5(4)6(11)2-8-3-6/h1,8,11H,2-3H2,(H,9,10). The van der Waals surface area contributed by atoms with Crippen LogP contribution in [-0.2, 0) is 5.60 Å². The summed E-state index contributed by atoms with van der Waals surface area (Å²) < 4.78 is 0.835. The van der Waals surface area contributed by atoms with Gasteiger partial charge in [-0.2, -0.15) is 5.10 Å². The molecular formula is C6H8BrN3O. The predicted octanol–water partition coefficient (Wildman–Crippen LogP) is -0.0370. The van der Waals surface area contributed by atoms with Crippen molar-refractivity contribution in [3.63, 3.8) is 0 Å². The van der Waals surface area contributed by atoms with Crippen molar-refractivity contribution >= 4 is 15.9 Å². The molecule has 0 spiro atoms. The van der Waals surface area contributed by atoms with Crippen molar-refractivity contribution in [1.29, 1.82) is 0 Å². The fourth-order valence-corrected chi connectivity index (χ4v) is 1.70. The summed E-state index contributed by atoms with van der Waals surface area (Å²) in [7, 11) is 0. The van der Waals surface area contributed by atoms with E-state index in [0.29, 0.717) is 13.1 Å². The number of nitrogens with zero attached hydrogens (tertiary/aromatic N) is 1. The van der Waals surface area contributed by atoms with E-state index in [1.807, 2.05) is 0 Å². The smallest absolute Gasteiger partial charge is 0.132 e. The van der Waals surface area contributed by atoms with Crippen molar-refractivity contribution in [1.82, 2.24) is 15.5 Å². The van der Waals surface area contributed by atoms with E-state index in [2.05, 4.69) is 31.4 Å². The summed E-state index contributed by atoms with van der Waals surface area (Å²) in [6.07, 6.45) is 1.64. The first-order valence-electron chi connectivity index (χ1n) is 3.35. The highest BCUT2D eigenvalue weighted by Gasteiger charge is 2.39. The van der Waals surface area contributed by atoms with Crippen LogP contribution in [0.2, 0.25) is 0 Å². The predicted molar refractivity (Wildman–Crippen MR) is 43.1 cm³/mol. The lowest BCUT2D eigenvalue weighted by Crippen LogP contribution is -2.57. The third-order valence-corrected chi connectivity index (χ3v) is 2.49. The van der Waals surface area contributed by atoms with E-state index >= 15 is 0 Å². The summed E-state index contributed by atoms with van der Waals surface area (Å²) in [6, 6.07) is 0. The average Bonchev–Trinajstić information content (AvgIpc) is 2.30. The molecule has 0 aromatic carbocycles. The number of rotatable bonds is 1. The number of aromatic amines is 1. The number of nitrogens with one attached hydrogen (secondary N) is 2. The van der Waals surface area contributed by atoms with Gasteiger partial charge in [-0.3, -0.25) is 5.10 Å². The third-order valence-electron chi connectivity index (χ3n) is 1.89. The van der Waals surface area contributed by atoms with E-state index < -0.39 is 5.60 Å². The summed E-state index contributed by atoms with van der Waals surface area (Å²) in [5.41, 5.74) is 0.0197. The van der Waals surface area contributed by atoms with E-state index in [0.717, 1.165) is 10.2 Å². The van der Waals surface area contributed by atoms with E-state index in [1.165, 1.54) is 0 Å². The van der Waals surface area contributed by atoms with Gasteiger partial charge in [0.15, 0.2) is 0 Å². The van der Waals surface area contributed by atoms with Gasteiger partial charge >= 0.3 is 0 Å². The van der Waals surface area contributed by atoms with Gasteiger partial charge in [0.05, 0.1) is 16.4 Å². The van der Waals surface area contributed by atoms with E-state index in [-0.39, 0.29) is 0 Å². The van der Waals surface area contributed by atoms with E-state index in [9.17, 15) is 5.11 Å². The lowest BCUT2D eigenvalue weighted by atomic mass is 9.93. The number of β-amino-alcohol motifs (C(OH)–C–C–N with tert-alkyl or cyclic N) is 1. The van der Waals surface area contributed by atoms with Gasteiger partial charge in [-0.25, -0.2) is 0 Å². The lowest BCUT2D eigenvalue weighted by Gasteiger charge is -2.36. The number of aliphatic hydroxyl groups is 1. The van der Waals surface area contributed by atoms with Crippen LogP contribution in [0.4, 0.5) is 0 Å². The molecule has 5 heteroatoms. The van der Waals surface area contributed by atoms with Crippen LogP contribution in [-0.4, -0.2) is 28.4 Å². The van der Waals surface area contributed by atoms with Gasteiger partial charge < -0.3 is 10.4 Å². The number of aromatic nitrogens is 2. The Bertz CT molecular complexity index is 269. The molecule has 1 aliphatic heterocycles. The second kappa shape index (κ2) is 2.30. The highest BCUT2D eigenvalue weighted by atomic mass is 79.9. The van der Waals surface area contributed by atoms with Crippen LogP contribution < -0.4 is 5.32 Å². The molecule has 0 aliphatic carbocycles. The van der Waals surface area contributed by atoms with Crippen molar-refractivity contribution in [3.8, 4) is 0 Å². The fraction of sp³-hybridized carbons (Fsp3) is 0.500. The molecular weight excluding hydrogens is 210 g/mol. The Balaban J connectivity index is 2.35. The SMILES string of the molecule is OC1(c2[nH]ncc2Br)CNC1. The normalized spacial score (nSPS) is 21.3. The zero-order valence-corrected chi connectivity index (χ0v) is 7.35. The molecule has 2 rings (SSSR count). The van der Waals surface area contributed by atoms with Gasteiger partial charge in [0.25, 0.3) is 0 Å². The minimum absolute atomic E-state index is 0.591. The van der Waals surface area contributed by atoms with E-state index in [4.69, 9.17) is 0 Å². The van der Waals surface area contributed by atoms with Gasteiger partial charge in [0.1, 0.15) is 5.60 Å². The Labute approximate surface area is 72.1 Å². The second-order valence-corrected chi connectivity index (χ2v) is 3.58. The maximum absolute atomic E-state index is 9.79. The zero-order valence-electron chi connectivity index (χ0n) is 5.76. The summed E-state index contributed by atoms with van der Waals surface area (Å²) in [5, 5.41) is 19.4. The highest BCUT2D eigenvalue weighted by Crippen LogP contribution is 2.28. The Morgan fingerprint density at radius 3 is 2.73 bits per heavy atom. The van der Waals surface area contributed by atoms with Crippen LogP contribution in [0.15, 0.2) is 10.7 Å². The molecule has 1 aromatic rings. The van der Waals surface area contributed by atoms with Gasteiger partial charge in [0.2, 0.25) is 0 Å². The molecule has 0 radical (unpaired) electrons. The van der Waals surface area contributed by atoms with Crippen molar-refractivity contribution in [2.75, 3.05) is 13.1 Å². The van der Waals surface area contributed by atoms with Gasteiger partial charge in [-0.15, -0.1) is 0 Å². The molecule has 3 N–H and O–H groups in total. The van der Waals surface area contributed by atoms with Crippen LogP contribution in [0, 0.1) is 0 Å². The number of H-pyrrole nitrogens is 1. The number of hydrogen-bond acceptors (Lipinski definition) is 3. The van der Waals surface area contributed by atoms with Crippen LogP contribution in [0.5, 0.6) is 0 Å². The zero-order chi connectivity index (χ0) is 7.90. The maximum Gasteiger partial charge on any atom is 0.132 e. The Kier molecular flexibility index (Phi) is 1.52. The molecule has 1 aromatic heterocycles. The molecule has 1 aliphatic rings. The second-order valence-electron chi connectivity index (χ2n) is 2.73. The molecule has 1 saturated heterocycles. The third kappa shape index (κ3) is 0.998. The largest absolute Gasteiger partial charge is 0.381 e. The first-order valence-corrected chi connectivity index (χ1v) is 4.14. The molecule has 4 nitrogen and oxygen atoms in total. The maximum atomic E-state index is 9.79. The average molecular weight is 218 g/mol. The minimum Gasteiger partial charge on any atom is -0.381 e. The summed E-state index contributed by atoms with van der Waals surface area (Å²) in [6.45, 7) is 1.18. The van der Waals surface area contributed by atoms with Crippen molar-refractivity contribution in [2.45, 2.75) is 5.60 Å². The fourth-order valence-electron chi connectivity index (χ4n) is 1.14. The number of hydrogen-bond donors (Lipinski definition) is 3. The summed E-state index contributed by atoms with van der Waals surface area (Å²) in [5.74, 6) is 0. The molecule has 60 valence electrons. The summed E-state index contributed by atoms with van der Waals surface area (Å²) in [4.78, 5) is 0. The van der Waals surface area contributed by atoms with Crippen molar-refractivity contribution < 1.29 is 5.11 Å². The van der Waals surface area contributed by atoms with Crippen LogP contribution in [0.1, 0.15) is 5.69 Å². The quantitative estimate of drug-likeness (QED) is 0.619. The van der Waals surface area contributed by atoms with Crippen LogP contribution in [0.3, 0.4) is 0 Å². The topological polar surface area (TPSA) is 60.9 Å². The minimum atomic E-state index is -0.741. The molecule has 2 heterocycles. The summed E-state index contributed by atoms with van der Waals surface area (Å²) >= 11 is 3.30. The molecule has 11 heavy (non-hydrogen) atoms. The lowest BCUT2D eigenvalue weighted by molar-refractivity contribution is -0.0192. The Morgan fingerprint density at radius 2 is 2.36 bits per heavy atom.